The average molecular weight is 375 g/mol. The first-order valence-electron chi connectivity index (χ1n) is 9.10. The molecule has 0 spiro atoms. The topological polar surface area (TPSA) is 103 Å². The minimum absolute atomic E-state index is 0.0630. The molecule has 1 unspecified atom stereocenters. The highest BCUT2D eigenvalue weighted by Gasteiger charge is 2.26. The van der Waals surface area contributed by atoms with E-state index in [1.54, 1.807) is 0 Å². The van der Waals surface area contributed by atoms with Gasteiger partial charge in [0.15, 0.2) is 0 Å². The van der Waals surface area contributed by atoms with Crippen LogP contribution in [-0.4, -0.2) is 22.8 Å². The molecular weight excluding hydrogens is 348 g/mol. The third-order valence-corrected chi connectivity index (χ3v) is 5.67. The largest absolute Gasteiger partial charge is 0.587 e. The van der Waals surface area contributed by atoms with Crippen LogP contribution in [0.3, 0.4) is 0 Å². The summed E-state index contributed by atoms with van der Waals surface area (Å²) in [5.74, 6) is 0. The summed E-state index contributed by atoms with van der Waals surface area (Å²) in [6.07, 6.45) is 9.29. The van der Waals surface area contributed by atoms with E-state index < -0.39 is 17.4 Å². The van der Waals surface area contributed by atoms with Crippen LogP contribution in [0, 0.1) is 0 Å². The number of aliphatic imine (C=N–C) groups is 1. The fourth-order valence-electron chi connectivity index (χ4n) is 3.60. The molecule has 6 nitrogen and oxygen atoms in total. The first kappa shape index (κ1) is 18.8. The lowest BCUT2D eigenvalue weighted by Crippen LogP contribution is -2.37. The monoisotopic (exact) mass is 374 g/mol. The van der Waals surface area contributed by atoms with E-state index in [1.807, 2.05) is 13.8 Å². The van der Waals surface area contributed by atoms with Gasteiger partial charge in [-0.05, 0) is 74.6 Å². The van der Waals surface area contributed by atoms with Gasteiger partial charge in [0.25, 0.3) is 0 Å². The summed E-state index contributed by atoms with van der Waals surface area (Å²) in [4.78, 5) is 16.5. The van der Waals surface area contributed by atoms with Gasteiger partial charge in [-0.25, -0.2) is 4.79 Å². The van der Waals surface area contributed by atoms with Crippen LogP contribution in [-0.2, 0) is 37.0 Å². The van der Waals surface area contributed by atoms with E-state index in [1.165, 1.54) is 34.5 Å². The summed E-state index contributed by atoms with van der Waals surface area (Å²) in [6.45, 7) is 3.86. The molecular formula is C19H26N4O2S. The molecule has 0 saturated heterocycles. The Morgan fingerprint density at radius 2 is 1.85 bits per heavy atom. The zero-order valence-electron chi connectivity index (χ0n) is 15.3. The predicted molar refractivity (Wildman–Crippen MR) is 107 cm³/mol. The van der Waals surface area contributed by atoms with Crippen LogP contribution in [0.4, 0.5) is 10.5 Å². The summed E-state index contributed by atoms with van der Waals surface area (Å²) >= 11 is -1.79. The Morgan fingerprint density at radius 3 is 2.42 bits per heavy atom. The minimum Gasteiger partial charge on any atom is -0.587 e. The highest BCUT2D eigenvalue weighted by atomic mass is 32.2. The molecule has 7 heteroatoms. The van der Waals surface area contributed by atoms with Crippen molar-refractivity contribution in [3.8, 4) is 0 Å². The number of amides is 2. The van der Waals surface area contributed by atoms with Gasteiger partial charge in [-0.3, -0.25) is 4.99 Å². The maximum atomic E-state index is 12.4. The van der Waals surface area contributed by atoms with Gasteiger partial charge in [0.05, 0.1) is 0 Å². The third-order valence-electron chi connectivity index (χ3n) is 4.73. The van der Waals surface area contributed by atoms with Crippen molar-refractivity contribution in [3.05, 3.63) is 39.4 Å². The van der Waals surface area contributed by atoms with E-state index in [0.29, 0.717) is 0 Å². The zero-order valence-corrected chi connectivity index (χ0v) is 16.1. The number of fused-ring (bicyclic) bond motifs is 2. The Bertz CT molecular complexity index is 726. The number of urea groups is 1. The predicted octanol–water partition coefficient (Wildman–Crippen LogP) is 2.73. The van der Waals surface area contributed by atoms with Crippen LogP contribution in [0.15, 0.2) is 22.2 Å². The molecule has 2 amide bonds. The van der Waals surface area contributed by atoms with Crippen molar-refractivity contribution < 1.29 is 9.35 Å². The Kier molecular flexibility index (Phi) is 5.88. The second kappa shape index (κ2) is 8.14. The number of nitrogens with one attached hydrogen (secondary N) is 2. The van der Waals surface area contributed by atoms with Crippen molar-refractivity contribution in [1.29, 1.82) is 0 Å². The molecule has 1 aromatic rings. The number of carbonyl (C=O) groups is 1. The number of hydrogen-bond donors (Lipinski definition) is 3. The maximum absolute atomic E-state index is 12.4. The van der Waals surface area contributed by atoms with Crippen LogP contribution in [0.1, 0.15) is 48.9 Å². The van der Waals surface area contributed by atoms with Gasteiger partial charge < -0.3 is 15.6 Å². The van der Waals surface area contributed by atoms with Crippen LogP contribution >= 0.6 is 0 Å². The maximum Gasteiger partial charge on any atom is 0.361 e. The van der Waals surface area contributed by atoms with Gasteiger partial charge in [-0.2, -0.15) is 0 Å². The SMILES string of the molecule is CC(C)N=CC=C(N)[S+]([O-])NC(=O)Nc1c2c(cc3c1CCC3)CCC2. The van der Waals surface area contributed by atoms with E-state index in [4.69, 9.17) is 5.73 Å². The van der Waals surface area contributed by atoms with E-state index in [0.717, 1.165) is 44.2 Å². The minimum atomic E-state index is -1.79. The first-order chi connectivity index (χ1) is 12.5. The van der Waals surface area contributed by atoms with Crippen molar-refractivity contribution in [1.82, 2.24) is 4.72 Å². The molecule has 3 rings (SSSR count). The fraction of sp³-hybridized carbons (Fsp3) is 0.474. The molecule has 2 aliphatic rings. The summed E-state index contributed by atoms with van der Waals surface area (Å²) in [5, 5.41) is 3.01. The normalized spacial score (nSPS) is 17.5. The van der Waals surface area contributed by atoms with E-state index in [9.17, 15) is 9.35 Å². The van der Waals surface area contributed by atoms with Crippen LogP contribution in [0.2, 0.25) is 0 Å². The van der Waals surface area contributed by atoms with E-state index in [2.05, 4.69) is 21.1 Å². The summed E-state index contributed by atoms with van der Waals surface area (Å²) in [7, 11) is 0. The summed E-state index contributed by atoms with van der Waals surface area (Å²) < 4.78 is 14.6. The molecule has 26 heavy (non-hydrogen) atoms. The van der Waals surface area contributed by atoms with Gasteiger partial charge in [-0.15, -0.1) is 4.72 Å². The average Bonchev–Trinajstić information content (AvgIpc) is 3.22. The molecule has 0 fully saturated rings. The second-order valence-corrected chi connectivity index (χ2v) is 8.23. The third kappa shape index (κ3) is 4.22. The number of anilines is 1. The molecule has 4 N–H and O–H groups in total. The van der Waals surface area contributed by atoms with Gasteiger partial charge in [0.1, 0.15) is 11.4 Å². The van der Waals surface area contributed by atoms with Crippen LogP contribution in [0.5, 0.6) is 0 Å². The Morgan fingerprint density at radius 1 is 1.23 bits per heavy atom. The van der Waals surface area contributed by atoms with Gasteiger partial charge in [-0.1, -0.05) is 6.07 Å². The van der Waals surface area contributed by atoms with Crippen molar-refractivity contribution in [2.45, 2.75) is 58.4 Å². The van der Waals surface area contributed by atoms with E-state index >= 15 is 0 Å². The lowest BCUT2D eigenvalue weighted by Gasteiger charge is -2.17. The molecule has 0 saturated carbocycles. The molecule has 140 valence electrons. The smallest absolute Gasteiger partial charge is 0.361 e. The number of nitrogens with zero attached hydrogens (tertiary/aromatic N) is 1. The van der Waals surface area contributed by atoms with Gasteiger partial charge >= 0.3 is 6.03 Å². The highest BCUT2D eigenvalue weighted by molar-refractivity contribution is 7.93. The Balaban J connectivity index is 1.69. The molecule has 2 aliphatic carbocycles. The van der Waals surface area contributed by atoms with Crippen molar-refractivity contribution in [3.63, 3.8) is 0 Å². The van der Waals surface area contributed by atoms with Gasteiger partial charge in [0.2, 0.25) is 5.03 Å². The second-order valence-electron chi connectivity index (χ2n) is 7.02. The number of carbonyl (C=O) groups excluding carboxylic acids is 1. The number of nitrogens with two attached hydrogens (primary N) is 1. The molecule has 0 radical (unpaired) electrons. The lowest BCUT2D eigenvalue weighted by atomic mass is 9.99. The first-order valence-corrected chi connectivity index (χ1v) is 10.3. The number of aryl methyl sites for hydroxylation is 2. The fourth-order valence-corrected chi connectivity index (χ4v) is 4.12. The molecule has 0 bridgehead atoms. The Hall–Kier alpha value is -1.99. The highest BCUT2D eigenvalue weighted by Crippen LogP contribution is 2.38. The van der Waals surface area contributed by atoms with Crippen molar-refractivity contribution >= 4 is 29.3 Å². The number of hydrogen-bond acceptors (Lipinski definition) is 4. The number of allylic oxidation sites excluding steroid dienone is 1. The standard InChI is InChI=1S/C19H26N4O2S/c1-12(2)21-10-9-17(20)26(25)23-19(24)22-18-15-7-3-5-13(15)11-14-6-4-8-16(14)18/h9-12H,3-8,20H2,1-2H3,(H2,22,23,24). The number of rotatable bonds is 5. The summed E-state index contributed by atoms with van der Waals surface area (Å²) in [6, 6.07) is 1.95. The lowest BCUT2D eigenvalue weighted by molar-refractivity contribution is 0.256. The molecule has 0 aromatic heterocycles. The van der Waals surface area contributed by atoms with Gasteiger partial charge in [0, 0.05) is 24.0 Å². The van der Waals surface area contributed by atoms with Crippen molar-refractivity contribution in [2.24, 2.45) is 10.7 Å². The van der Waals surface area contributed by atoms with Crippen molar-refractivity contribution in [2.75, 3.05) is 5.32 Å². The van der Waals surface area contributed by atoms with E-state index in [-0.39, 0.29) is 11.1 Å². The quantitative estimate of drug-likeness (QED) is 0.545. The molecule has 0 heterocycles. The Labute approximate surface area is 157 Å². The van der Waals surface area contributed by atoms with Crippen LogP contribution < -0.4 is 15.8 Å². The number of benzene rings is 1. The molecule has 0 aliphatic heterocycles. The summed E-state index contributed by atoms with van der Waals surface area (Å²) in [5.41, 5.74) is 11.8. The zero-order chi connectivity index (χ0) is 18.7. The molecule has 1 aromatic carbocycles. The van der Waals surface area contributed by atoms with Crippen LogP contribution in [0.25, 0.3) is 0 Å². The molecule has 1 atom stereocenters.